The minimum absolute atomic E-state index is 0.189. The molecule has 0 aliphatic carbocycles. The van der Waals surface area contributed by atoms with Crippen molar-refractivity contribution in [2.45, 2.75) is 11.8 Å². The molecule has 0 unspecified atom stereocenters. The summed E-state index contributed by atoms with van der Waals surface area (Å²) >= 11 is 6.06. The normalized spacial score (nSPS) is 11.0. The summed E-state index contributed by atoms with van der Waals surface area (Å²) in [5.74, 6) is 0.612. The molecule has 3 rings (SSSR count). The van der Waals surface area contributed by atoms with Crippen LogP contribution in [0.1, 0.15) is 17.3 Å². The molecule has 0 fully saturated rings. The molecule has 9 nitrogen and oxygen atoms in total. The van der Waals surface area contributed by atoms with E-state index in [4.69, 9.17) is 21.1 Å². The lowest BCUT2D eigenvalue weighted by Gasteiger charge is -2.13. The van der Waals surface area contributed by atoms with Crippen LogP contribution in [0.3, 0.4) is 0 Å². The van der Waals surface area contributed by atoms with Gasteiger partial charge >= 0.3 is 0 Å². The van der Waals surface area contributed by atoms with Crippen LogP contribution in [-0.4, -0.2) is 32.1 Å². The molecular formula is C22H19ClN2O7S. The Bertz CT molecular complexity index is 1310. The fraction of sp³-hybridized carbons (Fsp3) is 0.136. The van der Waals surface area contributed by atoms with Gasteiger partial charge in [0.2, 0.25) is 0 Å². The van der Waals surface area contributed by atoms with Crippen molar-refractivity contribution in [3.05, 3.63) is 81.4 Å². The highest BCUT2D eigenvalue weighted by Gasteiger charge is 2.20. The molecule has 0 aliphatic heterocycles. The molecule has 0 radical (unpaired) electrons. The molecule has 1 amide bonds. The zero-order valence-electron chi connectivity index (χ0n) is 17.6. The summed E-state index contributed by atoms with van der Waals surface area (Å²) in [4.78, 5) is 22.9. The lowest BCUT2D eigenvalue weighted by molar-refractivity contribution is -0.385. The Labute approximate surface area is 195 Å². The fourth-order valence-electron chi connectivity index (χ4n) is 2.81. The molecule has 1 N–H and O–H groups in total. The number of nitro groups is 1. The van der Waals surface area contributed by atoms with Gasteiger partial charge in [0.25, 0.3) is 11.6 Å². The van der Waals surface area contributed by atoms with E-state index in [-0.39, 0.29) is 21.9 Å². The lowest BCUT2D eigenvalue weighted by atomic mass is 10.1. The summed E-state index contributed by atoms with van der Waals surface area (Å²) in [5, 5.41) is 14.1. The number of ether oxygens (including phenoxy) is 2. The largest absolute Gasteiger partial charge is 0.494 e. The Hall–Kier alpha value is -3.63. The number of amides is 1. The third kappa shape index (κ3) is 6.21. The number of carbonyl (C=O) groups excluding carboxylic acids is 1. The van der Waals surface area contributed by atoms with E-state index in [9.17, 15) is 23.3 Å². The number of nitrogens with zero attached hydrogens (tertiary/aromatic N) is 1. The fourth-order valence-corrected chi connectivity index (χ4v) is 3.66. The average Bonchev–Trinajstić information content (AvgIpc) is 2.76. The number of hydrogen-bond acceptors (Lipinski definition) is 7. The van der Waals surface area contributed by atoms with Crippen molar-refractivity contribution < 1.29 is 27.6 Å². The number of sulfone groups is 1. The molecule has 0 spiro atoms. The Morgan fingerprint density at radius 3 is 2.33 bits per heavy atom. The molecule has 3 aromatic rings. The second-order valence-electron chi connectivity index (χ2n) is 6.85. The number of nitrogens with one attached hydrogen (secondary N) is 1. The number of carbonyl (C=O) groups is 1. The average molecular weight is 491 g/mol. The van der Waals surface area contributed by atoms with Crippen LogP contribution in [0.5, 0.6) is 17.2 Å². The number of rotatable bonds is 8. The molecule has 0 aromatic heterocycles. The number of non-ortho nitro benzene ring substituents is 1. The Balaban J connectivity index is 1.92. The van der Waals surface area contributed by atoms with Crippen molar-refractivity contribution >= 4 is 38.7 Å². The number of nitro benzene ring substituents is 1. The van der Waals surface area contributed by atoms with Crippen molar-refractivity contribution in [1.29, 1.82) is 0 Å². The molecular weight excluding hydrogens is 472 g/mol. The summed E-state index contributed by atoms with van der Waals surface area (Å²) < 4.78 is 35.0. The molecule has 0 saturated heterocycles. The molecule has 0 aliphatic rings. The van der Waals surface area contributed by atoms with Crippen LogP contribution in [0, 0.1) is 10.1 Å². The van der Waals surface area contributed by atoms with E-state index < -0.39 is 26.4 Å². The highest BCUT2D eigenvalue weighted by atomic mass is 35.5. The molecule has 0 saturated carbocycles. The maximum atomic E-state index is 12.9. The molecule has 33 heavy (non-hydrogen) atoms. The predicted molar refractivity (Wildman–Crippen MR) is 123 cm³/mol. The minimum atomic E-state index is -3.79. The summed E-state index contributed by atoms with van der Waals surface area (Å²) in [7, 11) is -3.79. The SMILES string of the molecule is CCOc1ccc(Oc2ccc(Cl)cc2NC(=O)c2cc([N+](=O)[O-])cc(S(C)(=O)=O)c2)cc1. The molecule has 11 heteroatoms. The highest BCUT2D eigenvalue weighted by molar-refractivity contribution is 7.90. The first kappa shape index (κ1) is 24.0. The van der Waals surface area contributed by atoms with Gasteiger partial charge in [0.1, 0.15) is 11.5 Å². The van der Waals surface area contributed by atoms with E-state index in [1.165, 1.54) is 6.07 Å². The van der Waals surface area contributed by atoms with Crippen molar-refractivity contribution in [2.75, 3.05) is 18.2 Å². The first-order chi connectivity index (χ1) is 15.6. The smallest absolute Gasteiger partial charge is 0.271 e. The van der Waals surface area contributed by atoms with E-state index in [0.717, 1.165) is 24.5 Å². The number of benzene rings is 3. The maximum absolute atomic E-state index is 12.9. The van der Waals surface area contributed by atoms with Gasteiger partial charge in [0, 0.05) is 29.0 Å². The molecule has 0 atom stereocenters. The van der Waals surface area contributed by atoms with Gasteiger partial charge in [-0.15, -0.1) is 0 Å². The Morgan fingerprint density at radius 2 is 1.73 bits per heavy atom. The van der Waals surface area contributed by atoms with Crippen LogP contribution < -0.4 is 14.8 Å². The standard InChI is InChI=1S/C22H19ClN2O7S/c1-3-31-17-5-7-18(8-6-17)32-21-9-4-15(23)12-20(21)24-22(26)14-10-16(25(27)28)13-19(11-14)33(2,29)30/h4-13H,3H2,1-2H3,(H,24,26). The quantitative estimate of drug-likeness (QED) is 0.344. The number of hydrogen-bond donors (Lipinski definition) is 1. The van der Waals surface area contributed by atoms with Crippen molar-refractivity contribution in [1.82, 2.24) is 0 Å². The van der Waals surface area contributed by atoms with Crippen molar-refractivity contribution in [3.63, 3.8) is 0 Å². The summed E-state index contributed by atoms with van der Waals surface area (Å²) in [6.07, 6.45) is 0.896. The van der Waals surface area contributed by atoms with E-state index >= 15 is 0 Å². The third-order valence-corrected chi connectivity index (χ3v) is 5.67. The van der Waals surface area contributed by atoms with Gasteiger partial charge in [0.15, 0.2) is 15.6 Å². The first-order valence-corrected chi connectivity index (χ1v) is 11.8. The summed E-state index contributed by atoms with van der Waals surface area (Å²) in [6.45, 7) is 2.39. The Kier molecular flexibility index (Phi) is 7.19. The van der Waals surface area contributed by atoms with Crippen molar-refractivity contribution in [2.24, 2.45) is 0 Å². The second kappa shape index (κ2) is 9.88. The van der Waals surface area contributed by atoms with Gasteiger partial charge in [0.05, 0.1) is 22.1 Å². The van der Waals surface area contributed by atoms with Crippen LogP contribution in [0.15, 0.2) is 65.6 Å². The summed E-state index contributed by atoms with van der Waals surface area (Å²) in [5.41, 5.74) is -0.551. The minimum Gasteiger partial charge on any atom is -0.494 e. The van der Waals surface area contributed by atoms with Crippen LogP contribution >= 0.6 is 11.6 Å². The van der Waals surface area contributed by atoms with Crippen LogP contribution in [-0.2, 0) is 9.84 Å². The van der Waals surface area contributed by atoms with Gasteiger partial charge in [-0.1, -0.05) is 11.6 Å². The van der Waals surface area contributed by atoms with Crippen LogP contribution in [0.2, 0.25) is 5.02 Å². The lowest BCUT2D eigenvalue weighted by Crippen LogP contribution is -2.14. The highest BCUT2D eigenvalue weighted by Crippen LogP contribution is 2.33. The summed E-state index contributed by atoms with van der Waals surface area (Å²) in [6, 6.07) is 14.3. The first-order valence-electron chi connectivity index (χ1n) is 9.58. The van der Waals surface area contributed by atoms with E-state index in [1.807, 2.05) is 6.92 Å². The van der Waals surface area contributed by atoms with E-state index in [0.29, 0.717) is 23.1 Å². The molecule has 0 heterocycles. The third-order valence-electron chi connectivity index (χ3n) is 4.34. The Morgan fingerprint density at radius 1 is 1.06 bits per heavy atom. The molecule has 3 aromatic carbocycles. The number of halogens is 1. The van der Waals surface area contributed by atoms with Crippen LogP contribution in [0.25, 0.3) is 0 Å². The van der Waals surface area contributed by atoms with Gasteiger partial charge in [-0.2, -0.15) is 0 Å². The molecule has 172 valence electrons. The van der Waals surface area contributed by atoms with Gasteiger partial charge in [-0.05, 0) is 55.5 Å². The topological polar surface area (TPSA) is 125 Å². The van der Waals surface area contributed by atoms with Gasteiger partial charge < -0.3 is 14.8 Å². The van der Waals surface area contributed by atoms with E-state index in [2.05, 4.69) is 5.32 Å². The zero-order chi connectivity index (χ0) is 24.2. The van der Waals surface area contributed by atoms with Gasteiger partial charge in [-0.3, -0.25) is 14.9 Å². The van der Waals surface area contributed by atoms with Crippen molar-refractivity contribution in [3.8, 4) is 17.2 Å². The zero-order valence-corrected chi connectivity index (χ0v) is 19.1. The van der Waals surface area contributed by atoms with E-state index in [1.54, 1.807) is 36.4 Å². The monoisotopic (exact) mass is 490 g/mol. The second-order valence-corrected chi connectivity index (χ2v) is 9.30. The number of anilines is 1. The molecule has 0 bridgehead atoms. The predicted octanol–water partition coefficient (Wildman–Crippen LogP) is 5.10. The maximum Gasteiger partial charge on any atom is 0.271 e. The van der Waals surface area contributed by atoms with Crippen LogP contribution in [0.4, 0.5) is 11.4 Å². The van der Waals surface area contributed by atoms with Gasteiger partial charge in [-0.25, -0.2) is 8.42 Å².